The lowest BCUT2D eigenvalue weighted by Crippen LogP contribution is -1.78. The number of aromatic hydroxyl groups is 1. The van der Waals surface area contributed by atoms with Crippen LogP contribution in [0, 0.1) is 6.92 Å². The number of nitrogens with zero attached hydrogens (tertiary/aromatic N) is 2. The molecule has 0 saturated carbocycles. The summed E-state index contributed by atoms with van der Waals surface area (Å²) in [7, 11) is 0. The zero-order chi connectivity index (χ0) is 15.7. The van der Waals surface area contributed by atoms with Crippen molar-refractivity contribution in [3.63, 3.8) is 0 Å². The van der Waals surface area contributed by atoms with Crippen LogP contribution in [0.1, 0.15) is 18.1 Å². The fourth-order valence-corrected chi connectivity index (χ4v) is 2.46. The summed E-state index contributed by atoms with van der Waals surface area (Å²) in [6, 6.07) is 11.5. The van der Waals surface area contributed by atoms with E-state index in [9.17, 15) is 5.11 Å². The Morgan fingerprint density at radius 2 is 1.95 bits per heavy atom. The van der Waals surface area contributed by atoms with Crippen LogP contribution in [0.15, 0.2) is 46.6 Å². The van der Waals surface area contributed by atoms with E-state index in [1.165, 1.54) is 5.56 Å². The fourth-order valence-electron chi connectivity index (χ4n) is 2.28. The minimum Gasteiger partial charge on any atom is -0.493 e. The summed E-state index contributed by atoms with van der Waals surface area (Å²) in [6.07, 6.45) is 0.923. The van der Waals surface area contributed by atoms with Gasteiger partial charge in [-0.25, -0.2) is 0 Å². The first-order valence-electron chi connectivity index (χ1n) is 7.10. The number of nitrogens with one attached hydrogen (secondary N) is 1. The number of azo groups is 1. The summed E-state index contributed by atoms with van der Waals surface area (Å²) in [6.45, 7) is 4.02. The molecule has 0 saturated heterocycles. The predicted octanol–water partition coefficient (Wildman–Crippen LogP) is 5.81. The van der Waals surface area contributed by atoms with E-state index >= 15 is 0 Å². The molecule has 0 aliphatic rings. The number of aromatic amines is 1. The molecule has 0 aliphatic carbocycles. The molecule has 0 aliphatic heterocycles. The number of hydrogen-bond donors (Lipinski definition) is 2. The SMILES string of the molecule is CCc1ccc2[nH]c(O)c(N=Nc3ccc(C)c(Cl)c3)c2c1. The molecule has 2 N–H and O–H groups in total. The molecule has 3 aromatic rings. The van der Waals surface area contributed by atoms with Gasteiger partial charge in [0.25, 0.3) is 0 Å². The molecule has 1 heterocycles. The van der Waals surface area contributed by atoms with Crippen molar-refractivity contribution in [2.75, 3.05) is 0 Å². The molecule has 0 amide bonds. The van der Waals surface area contributed by atoms with Gasteiger partial charge in [0, 0.05) is 10.4 Å². The molecule has 0 spiro atoms. The second-order valence-corrected chi connectivity index (χ2v) is 5.60. The van der Waals surface area contributed by atoms with E-state index in [4.69, 9.17) is 11.6 Å². The highest BCUT2D eigenvalue weighted by Crippen LogP contribution is 2.37. The van der Waals surface area contributed by atoms with Crippen molar-refractivity contribution in [1.82, 2.24) is 4.98 Å². The van der Waals surface area contributed by atoms with Gasteiger partial charge in [-0.05, 0) is 48.7 Å². The van der Waals surface area contributed by atoms with Crippen molar-refractivity contribution in [2.24, 2.45) is 10.2 Å². The van der Waals surface area contributed by atoms with E-state index in [0.717, 1.165) is 22.9 Å². The number of rotatable bonds is 3. The fraction of sp³-hybridized carbons (Fsp3) is 0.176. The zero-order valence-corrected chi connectivity index (χ0v) is 13.1. The van der Waals surface area contributed by atoms with Crippen LogP contribution in [0.2, 0.25) is 5.02 Å². The molecule has 3 rings (SSSR count). The van der Waals surface area contributed by atoms with E-state index in [0.29, 0.717) is 16.4 Å². The molecule has 2 aromatic carbocycles. The smallest absolute Gasteiger partial charge is 0.218 e. The number of hydrogen-bond acceptors (Lipinski definition) is 3. The van der Waals surface area contributed by atoms with E-state index in [-0.39, 0.29) is 5.88 Å². The Hall–Kier alpha value is -2.33. The van der Waals surface area contributed by atoms with Crippen LogP contribution in [0.25, 0.3) is 10.9 Å². The monoisotopic (exact) mass is 313 g/mol. The van der Waals surface area contributed by atoms with E-state index in [2.05, 4.69) is 22.1 Å². The predicted molar refractivity (Wildman–Crippen MR) is 89.7 cm³/mol. The van der Waals surface area contributed by atoms with Gasteiger partial charge in [-0.15, -0.1) is 5.11 Å². The second-order valence-electron chi connectivity index (χ2n) is 5.19. The third-order valence-electron chi connectivity index (χ3n) is 3.65. The van der Waals surface area contributed by atoms with Gasteiger partial charge >= 0.3 is 0 Å². The maximum Gasteiger partial charge on any atom is 0.218 e. The van der Waals surface area contributed by atoms with Crippen molar-refractivity contribution in [3.8, 4) is 5.88 Å². The first kappa shape index (κ1) is 14.6. The summed E-state index contributed by atoms with van der Waals surface area (Å²) in [5, 5.41) is 19.9. The molecule has 0 atom stereocenters. The summed E-state index contributed by atoms with van der Waals surface area (Å²) >= 11 is 6.08. The van der Waals surface area contributed by atoms with Gasteiger partial charge in [-0.3, -0.25) is 0 Å². The van der Waals surface area contributed by atoms with Gasteiger partial charge < -0.3 is 10.1 Å². The Bertz CT molecular complexity index is 868. The molecular formula is C17H16ClN3O. The van der Waals surface area contributed by atoms with Crippen molar-refractivity contribution < 1.29 is 5.11 Å². The molecule has 1 aromatic heterocycles. The van der Waals surface area contributed by atoms with Crippen molar-refractivity contribution in [1.29, 1.82) is 0 Å². The standard InChI is InChI=1S/C17H16ClN3O/c1-3-11-5-7-15-13(8-11)16(17(22)19-15)21-20-12-6-4-10(2)14(18)9-12/h4-9,19,22H,3H2,1-2H3. The average molecular weight is 314 g/mol. The summed E-state index contributed by atoms with van der Waals surface area (Å²) in [5.41, 5.74) is 4.10. The summed E-state index contributed by atoms with van der Waals surface area (Å²) in [4.78, 5) is 2.91. The molecule has 22 heavy (non-hydrogen) atoms. The molecule has 5 heteroatoms. The van der Waals surface area contributed by atoms with E-state index in [1.807, 2.05) is 37.3 Å². The molecular weight excluding hydrogens is 298 g/mol. The Morgan fingerprint density at radius 3 is 2.68 bits per heavy atom. The van der Waals surface area contributed by atoms with E-state index < -0.39 is 0 Å². The van der Waals surface area contributed by atoms with Crippen molar-refractivity contribution in [2.45, 2.75) is 20.3 Å². The highest BCUT2D eigenvalue weighted by Gasteiger charge is 2.10. The third-order valence-corrected chi connectivity index (χ3v) is 4.05. The molecule has 4 nitrogen and oxygen atoms in total. The Labute approximate surface area is 133 Å². The summed E-state index contributed by atoms with van der Waals surface area (Å²) < 4.78 is 0. The van der Waals surface area contributed by atoms with Gasteiger partial charge in [0.15, 0.2) is 5.69 Å². The van der Waals surface area contributed by atoms with Gasteiger partial charge in [0.1, 0.15) is 0 Å². The number of H-pyrrole nitrogens is 1. The van der Waals surface area contributed by atoms with Crippen LogP contribution in [0.4, 0.5) is 11.4 Å². The number of aromatic nitrogens is 1. The minimum absolute atomic E-state index is 0.0187. The van der Waals surface area contributed by atoms with Gasteiger partial charge in [0.2, 0.25) is 5.88 Å². The van der Waals surface area contributed by atoms with Crippen LogP contribution in [0.3, 0.4) is 0 Å². The first-order valence-corrected chi connectivity index (χ1v) is 7.47. The largest absolute Gasteiger partial charge is 0.493 e. The Balaban J connectivity index is 2.03. The third kappa shape index (κ3) is 2.70. The Morgan fingerprint density at radius 1 is 1.14 bits per heavy atom. The summed E-state index contributed by atoms with van der Waals surface area (Å²) in [5.74, 6) is 0.0187. The minimum atomic E-state index is 0.0187. The van der Waals surface area contributed by atoms with Crippen molar-refractivity contribution in [3.05, 3.63) is 52.5 Å². The maximum absolute atomic E-state index is 10.0. The van der Waals surface area contributed by atoms with Crippen LogP contribution >= 0.6 is 11.6 Å². The normalized spacial score (nSPS) is 11.6. The zero-order valence-electron chi connectivity index (χ0n) is 12.4. The van der Waals surface area contributed by atoms with Crippen LogP contribution in [-0.4, -0.2) is 10.1 Å². The number of benzene rings is 2. The van der Waals surface area contributed by atoms with Gasteiger partial charge in [0.05, 0.1) is 11.2 Å². The molecule has 112 valence electrons. The quantitative estimate of drug-likeness (QED) is 0.588. The molecule has 0 fully saturated rings. The first-order chi connectivity index (χ1) is 10.6. The van der Waals surface area contributed by atoms with Gasteiger partial charge in [-0.2, -0.15) is 5.11 Å². The Kier molecular flexibility index (Phi) is 3.86. The molecule has 0 unspecified atom stereocenters. The lowest BCUT2D eigenvalue weighted by Gasteiger charge is -1.99. The van der Waals surface area contributed by atoms with Crippen LogP contribution < -0.4 is 0 Å². The van der Waals surface area contributed by atoms with E-state index in [1.54, 1.807) is 6.07 Å². The van der Waals surface area contributed by atoms with Crippen molar-refractivity contribution >= 4 is 33.9 Å². The average Bonchev–Trinajstić information content (AvgIpc) is 2.83. The highest BCUT2D eigenvalue weighted by molar-refractivity contribution is 6.31. The van der Waals surface area contributed by atoms with Gasteiger partial charge in [-0.1, -0.05) is 30.7 Å². The number of halogens is 1. The maximum atomic E-state index is 10.0. The van der Waals surface area contributed by atoms with Crippen LogP contribution in [-0.2, 0) is 6.42 Å². The topological polar surface area (TPSA) is 60.7 Å². The second kappa shape index (κ2) is 5.81. The number of fused-ring (bicyclic) bond motifs is 1. The highest BCUT2D eigenvalue weighted by atomic mass is 35.5. The van der Waals surface area contributed by atoms with Crippen LogP contribution in [0.5, 0.6) is 5.88 Å². The lowest BCUT2D eigenvalue weighted by atomic mass is 10.1. The molecule has 0 bridgehead atoms. The lowest BCUT2D eigenvalue weighted by molar-refractivity contribution is 0.459. The number of aryl methyl sites for hydroxylation is 2. The molecule has 0 radical (unpaired) electrons.